The number of para-hydroxylation sites is 1. The van der Waals surface area contributed by atoms with Crippen molar-refractivity contribution in [2.75, 3.05) is 23.4 Å². The molecular formula is C25H30N4O2. The van der Waals surface area contributed by atoms with Crippen molar-refractivity contribution < 1.29 is 9.90 Å². The number of rotatable bonds is 6. The fraction of sp³-hybridized carbons (Fsp3) is 0.440. The molecule has 162 valence electrons. The smallest absolute Gasteiger partial charge is 0.253 e. The Morgan fingerprint density at radius 2 is 1.77 bits per heavy atom. The zero-order chi connectivity index (χ0) is 21.3. The van der Waals surface area contributed by atoms with Gasteiger partial charge in [-0.25, -0.2) is 0 Å². The van der Waals surface area contributed by atoms with Crippen LogP contribution in [0.4, 0.5) is 11.4 Å². The summed E-state index contributed by atoms with van der Waals surface area (Å²) < 4.78 is 0. The summed E-state index contributed by atoms with van der Waals surface area (Å²) in [6.07, 6.45) is 7.08. The molecule has 1 atom stereocenters. The van der Waals surface area contributed by atoms with Crippen LogP contribution in [0.3, 0.4) is 0 Å². The lowest BCUT2D eigenvalue weighted by Gasteiger charge is -2.40. The van der Waals surface area contributed by atoms with Crippen molar-refractivity contribution in [3.05, 3.63) is 60.2 Å². The number of carbonyl (C=O) groups excluding carboxylic acids is 1. The standard InChI is InChI=1S/C25H30N4O2/c30-24(19-6-8-20(9-7-19)27-21-10-11-21)28-16-13-25(31,14-17-28)18-23-12-15-26-29(23)22-4-2-1-3-5-22/h1-9,15,21,23,27,31H,10-14,16-18H2. The van der Waals surface area contributed by atoms with E-state index in [9.17, 15) is 9.90 Å². The van der Waals surface area contributed by atoms with Gasteiger partial charge >= 0.3 is 0 Å². The average molecular weight is 419 g/mol. The molecule has 1 amide bonds. The van der Waals surface area contributed by atoms with Crippen LogP contribution < -0.4 is 10.3 Å². The first kappa shape index (κ1) is 20.1. The van der Waals surface area contributed by atoms with Crippen LogP contribution in [0.1, 0.15) is 48.9 Å². The van der Waals surface area contributed by atoms with Crippen LogP contribution >= 0.6 is 0 Å². The van der Waals surface area contributed by atoms with Crippen LogP contribution in [0.5, 0.6) is 0 Å². The molecule has 1 aliphatic carbocycles. The van der Waals surface area contributed by atoms with Gasteiger partial charge in [0.1, 0.15) is 0 Å². The van der Waals surface area contributed by atoms with Gasteiger partial charge in [0.15, 0.2) is 0 Å². The predicted molar refractivity (Wildman–Crippen MR) is 124 cm³/mol. The van der Waals surface area contributed by atoms with Crippen molar-refractivity contribution >= 4 is 23.5 Å². The van der Waals surface area contributed by atoms with E-state index in [1.165, 1.54) is 12.8 Å². The zero-order valence-corrected chi connectivity index (χ0v) is 17.8. The Morgan fingerprint density at radius 3 is 2.45 bits per heavy atom. The maximum atomic E-state index is 12.9. The van der Waals surface area contributed by atoms with Gasteiger partial charge in [0, 0.05) is 43.0 Å². The fourth-order valence-electron chi connectivity index (χ4n) is 4.60. The second-order valence-electron chi connectivity index (χ2n) is 9.08. The van der Waals surface area contributed by atoms with Crippen molar-refractivity contribution in [1.82, 2.24) is 4.90 Å². The third kappa shape index (κ3) is 4.59. The molecule has 2 heterocycles. The third-order valence-corrected chi connectivity index (χ3v) is 6.63. The first-order chi connectivity index (χ1) is 15.1. The van der Waals surface area contributed by atoms with Crippen molar-refractivity contribution in [3.8, 4) is 0 Å². The molecule has 2 fully saturated rings. The summed E-state index contributed by atoms with van der Waals surface area (Å²) in [6, 6.07) is 18.7. The largest absolute Gasteiger partial charge is 0.390 e. The van der Waals surface area contributed by atoms with Gasteiger partial charge in [-0.15, -0.1) is 0 Å². The van der Waals surface area contributed by atoms with E-state index in [1.807, 2.05) is 70.7 Å². The number of benzene rings is 2. The monoisotopic (exact) mass is 418 g/mol. The Bertz CT molecular complexity index is 932. The summed E-state index contributed by atoms with van der Waals surface area (Å²) in [4.78, 5) is 14.8. The minimum atomic E-state index is -0.764. The molecule has 2 aromatic rings. The molecule has 5 rings (SSSR count). The summed E-state index contributed by atoms with van der Waals surface area (Å²) >= 11 is 0. The van der Waals surface area contributed by atoms with E-state index in [0.29, 0.717) is 44.0 Å². The first-order valence-corrected chi connectivity index (χ1v) is 11.3. The number of aliphatic hydroxyl groups is 1. The van der Waals surface area contributed by atoms with Crippen LogP contribution in [0.25, 0.3) is 0 Å². The number of anilines is 2. The molecular weight excluding hydrogens is 388 g/mol. The molecule has 2 N–H and O–H groups in total. The Morgan fingerprint density at radius 1 is 1.06 bits per heavy atom. The summed E-state index contributed by atoms with van der Waals surface area (Å²) in [5, 5.41) is 21.3. The molecule has 6 heteroatoms. The van der Waals surface area contributed by atoms with E-state index in [2.05, 4.69) is 10.4 Å². The van der Waals surface area contributed by atoms with Crippen LogP contribution in [-0.2, 0) is 0 Å². The molecule has 1 unspecified atom stereocenters. The number of nitrogens with zero attached hydrogens (tertiary/aromatic N) is 3. The molecule has 1 saturated carbocycles. The number of hydrogen-bond donors (Lipinski definition) is 2. The molecule has 3 aliphatic rings. The number of likely N-dealkylation sites (tertiary alicyclic amines) is 1. The van der Waals surface area contributed by atoms with E-state index in [-0.39, 0.29) is 11.9 Å². The normalized spacial score (nSPS) is 22.5. The van der Waals surface area contributed by atoms with Gasteiger partial charge < -0.3 is 15.3 Å². The van der Waals surface area contributed by atoms with Crippen molar-refractivity contribution in [2.45, 2.75) is 56.2 Å². The van der Waals surface area contributed by atoms with Gasteiger partial charge in [-0.3, -0.25) is 9.80 Å². The number of piperidine rings is 1. The molecule has 0 radical (unpaired) electrons. The van der Waals surface area contributed by atoms with Gasteiger partial charge in [0.2, 0.25) is 0 Å². The maximum absolute atomic E-state index is 12.9. The van der Waals surface area contributed by atoms with Gasteiger partial charge in [-0.2, -0.15) is 5.10 Å². The van der Waals surface area contributed by atoms with Gasteiger partial charge in [0.25, 0.3) is 5.91 Å². The van der Waals surface area contributed by atoms with Crippen molar-refractivity contribution in [3.63, 3.8) is 0 Å². The minimum Gasteiger partial charge on any atom is -0.390 e. The molecule has 1 saturated heterocycles. The Hall–Kier alpha value is -2.86. The second-order valence-corrected chi connectivity index (χ2v) is 9.08. The third-order valence-electron chi connectivity index (χ3n) is 6.63. The summed E-state index contributed by atoms with van der Waals surface area (Å²) in [5.41, 5.74) is 2.08. The van der Waals surface area contributed by atoms with Gasteiger partial charge in [0.05, 0.1) is 17.3 Å². The summed E-state index contributed by atoms with van der Waals surface area (Å²) in [6.45, 7) is 1.16. The quantitative estimate of drug-likeness (QED) is 0.747. The van der Waals surface area contributed by atoms with Crippen LogP contribution in [-0.4, -0.2) is 52.9 Å². The lowest BCUT2D eigenvalue weighted by molar-refractivity contribution is -0.0268. The lowest BCUT2D eigenvalue weighted by Crippen LogP contribution is -2.49. The molecule has 31 heavy (non-hydrogen) atoms. The van der Waals surface area contributed by atoms with E-state index in [1.54, 1.807) is 0 Å². The van der Waals surface area contributed by atoms with Crippen molar-refractivity contribution in [2.24, 2.45) is 5.10 Å². The molecule has 2 aliphatic heterocycles. The van der Waals surface area contributed by atoms with Crippen LogP contribution in [0.2, 0.25) is 0 Å². The topological polar surface area (TPSA) is 68.2 Å². The molecule has 0 bridgehead atoms. The SMILES string of the molecule is O=C(c1ccc(NC2CC2)cc1)N1CCC(O)(CC2CC=NN2c2ccccc2)CC1. The number of amides is 1. The Balaban J connectivity index is 1.17. The molecule has 0 aromatic heterocycles. The molecule has 6 nitrogen and oxygen atoms in total. The fourth-order valence-corrected chi connectivity index (χ4v) is 4.60. The molecule has 0 spiro atoms. The highest BCUT2D eigenvalue weighted by atomic mass is 16.3. The van der Waals surface area contributed by atoms with E-state index >= 15 is 0 Å². The van der Waals surface area contributed by atoms with E-state index < -0.39 is 5.60 Å². The number of hydrazone groups is 1. The predicted octanol–water partition coefficient (Wildman–Crippen LogP) is 3.88. The maximum Gasteiger partial charge on any atom is 0.253 e. The zero-order valence-electron chi connectivity index (χ0n) is 17.8. The van der Waals surface area contributed by atoms with E-state index in [4.69, 9.17) is 0 Å². The van der Waals surface area contributed by atoms with Crippen molar-refractivity contribution in [1.29, 1.82) is 0 Å². The Kier molecular flexibility index (Phi) is 5.40. The van der Waals surface area contributed by atoms with Gasteiger partial charge in [-0.1, -0.05) is 18.2 Å². The highest BCUT2D eigenvalue weighted by molar-refractivity contribution is 5.94. The molecule has 2 aromatic carbocycles. The van der Waals surface area contributed by atoms with Crippen LogP contribution in [0.15, 0.2) is 59.7 Å². The average Bonchev–Trinajstić information content (AvgIpc) is 3.50. The number of nitrogens with one attached hydrogen (secondary N) is 1. The van der Waals surface area contributed by atoms with Crippen LogP contribution in [0, 0.1) is 0 Å². The van der Waals surface area contributed by atoms with E-state index in [0.717, 1.165) is 17.8 Å². The lowest BCUT2D eigenvalue weighted by atomic mass is 9.84. The first-order valence-electron chi connectivity index (χ1n) is 11.3. The van der Waals surface area contributed by atoms with Gasteiger partial charge in [-0.05, 0) is 68.5 Å². The highest BCUT2D eigenvalue weighted by Crippen LogP contribution is 2.33. The number of hydrogen-bond acceptors (Lipinski definition) is 5. The second kappa shape index (κ2) is 8.35. The summed E-state index contributed by atoms with van der Waals surface area (Å²) in [5.74, 6) is 0.0510. The highest BCUT2D eigenvalue weighted by Gasteiger charge is 2.38. The Labute approximate surface area is 183 Å². The number of carbonyl (C=O) groups is 1. The minimum absolute atomic E-state index is 0.0510. The summed E-state index contributed by atoms with van der Waals surface area (Å²) in [7, 11) is 0.